The van der Waals surface area contributed by atoms with E-state index in [1.807, 2.05) is 36.1 Å². The molecule has 2 aromatic rings. The molecule has 1 fully saturated rings. The first-order valence-electron chi connectivity index (χ1n) is 9.91. The van der Waals surface area contributed by atoms with Crippen LogP contribution in [0.5, 0.6) is 5.75 Å². The number of halogens is 1. The molecule has 1 saturated heterocycles. The Balaban J connectivity index is 1.45. The minimum Gasteiger partial charge on any atom is -0.494 e. The fourth-order valence-electron chi connectivity index (χ4n) is 3.12. The first-order chi connectivity index (χ1) is 14.9. The molecule has 1 aliphatic heterocycles. The number of nitrogens with zero attached hydrogens (tertiary/aromatic N) is 3. The second kappa shape index (κ2) is 10.9. The van der Waals surface area contributed by atoms with Gasteiger partial charge in [0.25, 0.3) is 5.91 Å². The average molecular weight is 509 g/mol. The molecule has 10 heteroatoms. The second-order valence-corrected chi connectivity index (χ2v) is 9.78. The van der Waals surface area contributed by atoms with Gasteiger partial charge < -0.3 is 4.74 Å². The van der Waals surface area contributed by atoms with Gasteiger partial charge in [-0.1, -0.05) is 15.9 Å². The molecule has 1 aliphatic rings. The molecule has 0 bridgehead atoms. The van der Waals surface area contributed by atoms with Crippen molar-refractivity contribution < 1.29 is 17.9 Å². The molecule has 166 valence electrons. The fourth-order valence-corrected chi connectivity index (χ4v) is 4.80. The van der Waals surface area contributed by atoms with Crippen LogP contribution in [0.3, 0.4) is 0 Å². The second-order valence-electron chi connectivity index (χ2n) is 6.93. The van der Waals surface area contributed by atoms with Gasteiger partial charge in [-0.2, -0.15) is 9.41 Å². The smallest absolute Gasteiger partial charge is 0.254 e. The number of rotatable bonds is 8. The van der Waals surface area contributed by atoms with Crippen molar-refractivity contribution in [2.45, 2.75) is 11.8 Å². The third-order valence-corrected chi connectivity index (χ3v) is 7.19. The number of piperazine rings is 1. The quantitative estimate of drug-likeness (QED) is 0.436. The number of carbonyl (C=O) groups excluding carboxylic acids is 1. The van der Waals surface area contributed by atoms with E-state index in [1.165, 1.54) is 4.31 Å². The first kappa shape index (κ1) is 23.4. The number of carbonyl (C=O) groups is 1. The van der Waals surface area contributed by atoms with Gasteiger partial charge in [-0.15, -0.1) is 0 Å². The Labute approximate surface area is 191 Å². The maximum absolute atomic E-state index is 12.7. The van der Waals surface area contributed by atoms with Crippen LogP contribution in [0, 0.1) is 0 Å². The average Bonchev–Trinajstić information content (AvgIpc) is 2.76. The monoisotopic (exact) mass is 508 g/mol. The van der Waals surface area contributed by atoms with Gasteiger partial charge in [0.15, 0.2) is 0 Å². The first-order valence-corrected chi connectivity index (χ1v) is 12.1. The maximum Gasteiger partial charge on any atom is 0.254 e. The number of amides is 1. The van der Waals surface area contributed by atoms with E-state index >= 15 is 0 Å². The van der Waals surface area contributed by atoms with E-state index in [0.29, 0.717) is 32.8 Å². The molecule has 1 amide bonds. The summed E-state index contributed by atoms with van der Waals surface area (Å²) in [6.45, 7) is 4.31. The molecule has 31 heavy (non-hydrogen) atoms. The summed E-state index contributed by atoms with van der Waals surface area (Å²) in [5.41, 5.74) is 3.36. The van der Waals surface area contributed by atoms with E-state index < -0.39 is 10.0 Å². The third kappa shape index (κ3) is 6.60. The number of hydrazone groups is 1. The predicted molar refractivity (Wildman–Crippen MR) is 123 cm³/mol. The van der Waals surface area contributed by atoms with E-state index in [1.54, 1.807) is 30.5 Å². The minimum absolute atomic E-state index is 0.160. The molecular weight excluding hydrogens is 484 g/mol. The van der Waals surface area contributed by atoms with Gasteiger partial charge in [0.1, 0.15) is 5.75 Å². The van der Waals surface area contributed by atoms with Crippen LogP contribution in [0.25, 0.3) is 0 Å². The van der Waals surface area contributed by atoms with Crippen molar-refractivity contribution in [1.29, 1.82) is 0 Å². The van der Waals surface area contributed by atoms with Gasteiger partial charge in [0.05, 0.1) is 24.3 Å². The molecule has 0 spiro atoms. The van der Waals surface area contributed by atoms with Crippen molar-refractivity contribution in [3.05, 3.63) is 58.6 Å². The number of hydrogen-bond acceptors (Lipinski definition) is 6. The maximum atomic E-state index is 12.7. The van der Waals surface area contributed by atoms with Gasteiger partial charge in [-0.25, -0.2) is 13.8 Å². The Kier molecular flexibility index (Phi) is 8.19. The van der Waals surface area contributed by atoms with E-state index in [-0.39, 0.29) is 17.3 Å². The third-order valence-electron chi connectivity index (χ3n) is 4.74. The molecule has 3 rings (SSSR count). The van der Waals surface area contributed by atoms with Crippen LogP contribution >= 0.6 is 15.9 Å². The van der Waals surface area contributed by atoms with Gasteiger partial charge in [-0.3, -0.25) is 9.69 Å². The van der Waals surface area contributed by atoms with Crippen molar-refractivity contribution in [1.82, 2.24) is 14.6 Å². The lowest BCUT2D eigenvalue weighted by Gasteiger charge is -2.33. The van der Waals surface area contributed by atoms with Crippen molar-refractivity contribution >= 4 is 38.1 Å². The van der Waals surface area contributed by atoms with Crippen molar-refractivity contribution in [2.75, 3.05) is 39.3 Å². The van der Waals surface area contributed by atoms with Crippen LogP contribution < -0.4 is 10.2 Å². The summed E-state index contributed by atoms with van der Waals surface area (Å²) in [5, 5.41) is 3.98. The summed E-state index contributed by atoms with van der Waals surface area (Å²) in [4.78, 5) is 14.3. The molecule has 0 atom stereocenters. The molecular formula is C21H25BrN4O4S. The molecule has 0 radical (unpaired) electrons. The van der Waals surface area contributed by atoms with E-state index in [4.69, 9.17) is 4.74 Å². The van der Waals surface area contributed by atoms with Gasteiger partial charge >= 0.3 is 0 Å². The Morgan fingerprint density at radius 2 is 1.74 bits per heavy atom. The lowest BCUT2D eigenvalue weighted by Crippen LogP contribution is -2.50. The predicted octanol–water partition coefficient (Wildman–Crippen LogP) is 2.30. The van der Waals surface area contributed by atoms with Gasteiger partial charge in [0.2, 0.25) is 10.0 Å². The highest BCUT2D eigenvalue weighted by Crippen LogP contribution is 2.20. The van der Waals surface area contributed by atoms with E-state index in [2.05, 4.69) is 26.5 Å². The molecule has 8 nitrogen and oxygen atoms in total. The summed E-state index contributed by atoms with van der Waals surface area (Å²) in [6, 6.07) is 14.0. The Bertz CT molecular complexity index is 1000. The summed E-state index contributed by atoms with van der Waals surface area (Å²) < 4.78 is 33.2. The number of sulfonamides is 1. The number of benzene rings is 2. The fraction of sp³-hybridized carbons (Fsp3) is 0.333. The van der Waals surface area contributed by atoms with Crippen molar-refractivity contribution in [3.8, 4) is 5.75 Å². The summed E-state index contributed by atoms with van der Waals surface area (Å²) >= 11 is 3.31. The highest BCUT2D eigenvalue weighted by molar-refractivity contribution is 9.10. The molecule has 0 saturated carbocycles. The van der Waals surface area contributed by atoms with Crippen LogP contribution in [0.1, 0.15) is 12.5 Å². The van der Waals surface area contributed by atoms with Crippen LogP contribution in [-0.4, -0.2) is 69.1 Å². The van der Waals surface area contributed by atoms with Crippen molar-refractivity contribution in [2.24, 2.45) is 5.10 Å². The zero-order chi connectivity index (χ0) is 22.3. The molecule has 0 aromatic heterocycles. The zero-order valence-electron chi connectivity index (χ0n) is 17.2. The van der Waals surface area contributed by atoms with E-state index in [0.717, 1.165) is 15.8 Å². The highest BCUT2D eigenvalue weighted by atomic mass is 79.9. The van der Waals surface area contributed by atoms with E-state index in [9.17, 15) is 13.2 Å². The number of ether oxygens (including phenoxy) is 1. The Morgan fingerprint density at radius 3 is 2.35 bits per heavy atom. The summed E-state index contributed by atoms with van der Waals surface area (Å²) in [5.74, 6) is 0.538. The highest BCUT2D eigenvalue weighted by Gasteiger charge is 2.28. The summed E-state index contributed by atoms with van der Waals surface area (Å²) in [7, 11) is -3.53. The van der Waals surface area contributed by atoms with Crippen LogP contribution in [0.4, 0.5) is 0 Å². The van der Waals surface area contributed by atoms with Crippen LogP contribution in [0.15, 0.2) is 63.0 Å². The normalized spacial score (nSPS) is 15.8. The van der Waals surface area contributed by atoms with Crippen LogP contribution in [-0.2, 0) is 14.8 Å². The Morgan fingerprint density at radius 1 is 1.10 bits per heavy atom. The van der Waals surface area contributed by atoms with Crippen molar-refractivity contribution in [3.63, 3.8) is 0 Å². The molecule has 0 aliphatic carbocycles. The standard InChI is InChI=1S/C21H25BrN4O4S/c1-2-30-19-7-3-17(4-8-19)15-23-24-21(27)16-25-11-13-26(14-12-25)31(28,29)20-9-5-18(22)6-10-20/h3-10,15H,2,11-14,16H2,1H3,(H,24,27)/b23-15-. The van der Waals surface area contributed by atoms with Crippen LogP contribution in [0.2, 0.25) is 0 Å². The molecule has 2 aromatic carbocycles. The largest absolute Gasteiger partial charge is 0.494 e. The lowest BCUT2D eigenvalue weighted by atomic mass is 10.2. The molecule has 1 N–H and O–H groups in total. The number of hydrogen-bond donors (Lipinski definition) is 1. The van der Waals surface area contributed by atoms with Gasteiger partial charge in [-0.05, 0) is 61.0 Å². The SMILES string of the molecule is CCOc1ccc(/C=N\NC(=O)CN2CCN(S(=O)(=O)c3ccc(Br)cc3)CC2)cc1. The lowest BCUT2D eigenvalue weighted by molar-refractivity contribution is -0.122. The zero-order valence-corrected chi connectivity index (χ0v) is 19.6. The molecule has 0 unspecified atom stereocenters. The minimum atomic E-state index is -3.53. The topological polar surface area (TPSA) is 91.3 Å². The molecule has 1 heterocycles. The number of nitrogens with one attached hydrogen (secondary N) is 1. The summed E-state index contributed by atoms with van der Waals surface area (Å²) in [6.07, 6.45) is 1.57. The Hall–Kier alpha value is -2.27. The van der Waals surface area contributed by atoms with Gasteiger partial charge in [0, 0.05) is 30.7 Å².